The SMILES string of the molecule is CC(=O)Nc1cccc(NC(=O)c2ccnc(Nc3c(F)cccc3F)c2)c1. The van der Waals surface area contributed by atoms with Crippen molar-refractivity contribution in [1.82, 2.24) is 4.98 Å². The van der Waals surface area contributed by atoms with Crippen LogP contribution in [-0.4, -0.2) is 16.8 Å². The van der Waals surface area contributed by atoms with E-state index in [9.17, 15) is 18.4 Å². The highest BCUT2D eigenvalue weighted by Gasteiger charge is 2.12. The van der Waals surface area contributed by atoms with Gasteiger partial charge in [-0.05, 0) is 42.5 Å². The van der Waals surface area contributed by atoms with Gasteiger partial charge in [-0.3, -0.25) is 9.59 Å². The van der Waals surface area contributed by atoms with Gasteiger partial charge in [0, 0.05) is 30.1 Å². The number of pyridine rings is 1. The summed E-state index contributed by atoms with van der Waals surface area (Å²) in [5.41, 5.74) is 0.898. The first-order valence-electron chi connectivity index (χ1n) is 8.28. The van der Waals surface area contributed by atoms with Crippen molar-refractivity contribution in [2.45, 2.75) is 6.92 Å². The maximum atomic E-state index is 13.8. The van der Waals surface area contributed by atoms with E-state index in [0.717, 1.165) is 12.1 Å². The number of nitrogens with zero attached hydrogens (tertiary/aromatic N) is 1. The fourth-order valence-electron chi connectivity index (χ4n) is 2.47. The van der Waals surface area contributed by atoms with Crippen LogP contribution in [0, 0.1) is 11.6 Å². The zero-order chi connectivity index (χ0) is 20.1. The molecule has 3 rings (SSSR count). The molecule has 3 aromatic rings. The number of amides is 2. The Hall–Kier alpha value is -3.81. The summed E-state index contributed by atoms with van der Waals surface area (Å²) in [6.45, 7) is 1.38. The Bertz CT molecular complexity index is 1020. The Kier molecular flexibility index (Phi) is 5.59. The highest BCUT2D eigenvalue weighted by atomic mass is 19.1. The van der Waals surface area contributed by atoms with Gasteiger partial charge in [0.15, 0.2) is 0 Å². The van der Waals surface area contributed by atoms with Gasteiger partial charge in [0.2, 0.25) is 5.91 Å². The Morgan fingerprint density at radius 3 is 2.21 bits per heavy atom. The van der Waals surface area contributed by atoms with Crippen molar-refractivity contribution in [2.75, 3.05) is 16.0 Å². The molecule has 0 aliphatic rings. The number of hydrogen-bond donors (Lipinski definition) is 3. The molecule has 0 spiro atoms. The summed E-state index contributed by atoms with van der Waals surface area (Å²) in [6.07, 6.45) is 1.35. The third kappa shape index (κ3) is 4.67. The minimum absolute atomic E-state index is 0.114. The van der Waals surface area contributed by atoms with E-state index in [0.29, 0.717) is 11.4 Å². The van der Waals surface area contributed by atoms with Crippen molar-refractivity contribution in [3.05, 3.63) is 78.0 Å². The van der Waals surface area contributed by atoms with Crippen LogP contribution in [0.5, 0.6) is 0 Å². The number of benzene rings is 2. The van der Waals surface area contributed by atoms with Crippen LogP contribution in [0.4, 0.5) is 31.7 Å². The van der Waals surface area contributed by atoms with E-state index >= 15 is 0 Å². The fourth-order valence-corrected chi connectivity index (χ4v) is 2.47. The molecule has 0 atom stereocenters. The van der Waals surface area contributed by atoms with Crippen molar-refractivity contribution in [2.24, 2.45) is 0 Å². The number of para-hydroxylation sites is 1. The highest BCUT2D eigenvalue weighted by molar-refractivity contribution is 6.05. The summed E-state index contributed by atoms with van der Waals surface area (Å²) in [7, 11) is 0. The molecule has 0 aliphatic heterocycles. The number of halogens is 2. The van der Waals surface area contributed by atoms with Gasteiger partial charge < -0.3 is 16.0 Å². The smallest absolute Gasteiger partial charge is 0.255 e. The fraction of sp³-hybridized carbons (Fsp3) is 0.0500. The van der Waals surface area contributed by atoms with E-state index in [1.807, 2.05) is 0 Å². The topological polar surface area (TPSA) is 83.1 Å². The van der Waals surface area contributed by atoms with Gasteiger partial charge in [-0.1, -0.05) is 12.1 Å². The van der Waals surface area contributed by atoms with Crippen LogP contribution in [0.15, 0.2) is 60.8 Å². The average Bonchev–Trinajstić information content (AvgIpc) is 2.65. The monoisotopic (exact) mass is 382 g/mol. The molecule has 0 aliphatic carbocycles. The first-order chi connectivity index (χ1) is 13.4. The Morgan fingerprint density at radius 2 is 1.54 bits per heavy atom. The second-order valence-corrected chi connectivity index (χ2v) is 5.87. The molecule has 0 fully saturated rings. The maximum Gasteiger partial charge on any atom is 0.255 e. The summed E-state index contributed by atoms with van der Waals surface area (Å²) in [4.78, 5) is 27.6. The zero-order valence-electron chi connectivity index (χ0n) is 14.8. The number of carbonyl (C=O) groups is 2. The van der Waals surface area contributed by atoms with E-state index in [2.05, 4.69) is 20.9 Å². The third-order valence-corrected chi connectivity index (χ3v) is 3.68. The molecule has 0 bridgehead atoms. The predicted molar refractivity (Wildman–Crippen MR) is 103 cm³/mol. The van der Waals surface area contributed by atoms with Gasteiger partial charge in [0.05, 0.1) is 0 Å². The minimum Gasteiger partial charge on any atom is -0.335 e. The van der Waals surface area contributed by atoms with Crippen molar-refractivity contribution < 1.29 is 18.4 Å². The molecule has 3 N–H and O–H groups in total. The van der Waals surface area contributed by atoms with E-state index < -0.39 is 17.5 Å². The standard InChI is InChI=1S/C20H16F2N4O2/c1-12(27)24-14-4-2-5-15(11-14)25-20(28)13-8-9-23-18(10-13)26-19-16(21)6-3-7-17(19)22/h2-11H,1H3,(H,23,26)(H,24,27)(H,25,28). The molecule has 6 nitrogen and oxygen atoms in total. The summed E-state index contributed by atoms with van der Waals surface area (Å²) >= 11 is 0. The second kappa shape index (κ2) is 8.26. The number of anilines is 4. The van der Waals surface area contributed by atoms with Gasteiger partial charge in [-0.15, -0.1) is 0 Å². The maximum absolute atomic E-state index is 13.8. The number of carbonyl (C=O) groups excluding carboxylic acids is 2. The molecule has 0 saturated carbocycles. The van der Waals surface area contributed by atoms with Crippen molar-refractivity contribution in [3.63, 3.8) is 0 Å². The normalized spacial score (nSPS) is 10.2. The lowest BCUT2D eigenvalue weighted by Crippen LogP contribution is -2.13. The van der Waals surface area contributed by atoms with Crippen LogP contribution < -0.4 is 16.0 Å². The average molecular weight is 382 g/mol. The Balaban J connectivity index is 1.76. The third-order valence-electron chi connectivity index (χ3n) is 3.68. The summed E-state index contributed by atoms with van der Waals surface area (Å²) < 4.78 is 27.5. The molecule has 0 saturated heterocycles. The van der Waals surface area contributed by atoms with Gasteiger partial charge >= 0.3 is 0 Å². The molecule has 1 heterocycles. The van der Waals surface area contributed by atoms with Crippen LogP contribution in [0.25, 0.3) is 0 Å². The first kappa shape index (κ1) is 19.0. The summed E-state index contributed by atoms with van der Waals surface area (Å²) in [5, 5.41) is 7.86. The molecule has 2 amide bonds. The quantitative estimate of drug-likeness (QED) is 0.614. The molecule has 142 valence electrons. The lowest BCUT2D eigenvalue weighted by Gasteiger charge is -2.10. The number of nitrogens with one attached hydrogen (secondary N) is 3. The van der Waals surface area contributed by atoms with Crippen molar-refractivity contribution in [1.29, 1.82) is 0 Å². The van der Waals surface area contributed by atoms with Crippen LogP contribution >= 0.6 is 0 Å². The van der Waals surface area contributed by atoms with E-state index in [-0.39, 0.29) is 23.0 Å². The van der Waals surface area contributed by atoms with Crippen molar-refractivity contribution >= 4 is 34.7 Å². The Morgan fingerprint density at radius 1 is 0.893 bits per heavy atom. The molecule has 8 heteroatoms. The van der Waals surface area contributed by atoms with Gasteiger partial charge in [0.25, 0.3) is 5.91 Å². The summed E-state index contributed by atoms with van der Waals surface area (Å²) in [5.74, 6) is -2.10. The van der Waals surface area contributed by atoms with E-state index in [1.54, 1.807) is 24.3 Å². The van der Waals surface area contributed by atoms with E-state index in [4.69, 9.17) is 0 Å². The van der Waals surface area contributed by atoms with Gasteiger partial charge in [-0.25, -0.2) is 13.8 Å². The number of aromatic nitrogens is 1. The number of hydrogen-bond acceptors (Lipinski definition) is 4. The largest absolute Gasteiger partial charge is 0.335 e. The highest BCUT2D eigenvalue weighted by Crippen LogP contribution is 2.23. The minimum atomic E-state index is -0.772. The predicted octanol–water partition coefficient (Wildman–Crippen LogP) is 4.31. The van der Waals surface area contributed by atoms with Crippen LogP contribution in [0.3, 0.4) is 0 Å². The zero-order valence-corrected chi connectivity index (χ0v) is 14.8. The Labute approximate surface area is 159 Å². The van der Waals surface area contributed by atoms with Gasteiger partial charge in [0.1, 0.15) is 23.1 Å². The molecule has 1 aromatic heterocycles. The first-order valence-corrected chi connectivity index (χ1v) is 8.28. The molecule has 2 aromatic carbocycles. The van der Waals surface area contributed by atoms with Gasteiger partial charge in [-0.2, -0.15) is 0 Å². The second-order valence-electron chi connectivity index (χ2n) is 5.87. The van der Waals surface area contributed by atoms with Crippen LogP contribution in [0.2, 0.25) is 0 Å². The molecule has 28 heavy (non-hydrogen) atoms. The van der Waals surface area contributed by atoms with Crippen LogP contribution in [0.1, 0.15) is 17.3 Å². The van der Waals surface area contributed by atoms with Crippen molar-refractivity contribution in [3.8, 4) is 0 Å². The lowest BCUT2D eigenvalue weighted by atomic mass is 10.2. The van der Waals surface area contributed by atoms with Crippen LogP contribution in [-0.2, 0) is 4.79 Å². The molecule has 0 unspecified atom stereocenters. The number of rotatable bonds is 5. The summed E-state index contributed by atoms with van der Waals surface area (Å²) in [6, 6.07) is 13.0. The lowest BCUT2D eigenvalue weighted by molar-refractivity contribution is -0.114. The molecule has 0 radical (unpaired) electrons. The van der Waals surface area contributed by atoms with E-state index in [1.165, 1.54) is 31.3 Å². The molecular weight excluding hydrogens is 366 g/mol. The molecular formula is C20H16F2N4O2.